The van der Waals surface area contributed by atoms with Gasteiger partial charge in [-0.2, -0.15) is 13.2 Å². The summed E-state index contributed by atoms with van der Waals surface area (Å²) in [7, 11) is 0. The number of carbonyl (C=O) groups is 2. The zero-order chi connectivity index (χ0) is 18.6. The Hall–Kier alpha value is -2.96. The summed E-state index contributed by atoms with van der Waals surface area (Å²) in [5, 5.41) is 2.11. The summed E-state index contributed by atoms with van der Waals surface area (Å²) < 4.78 is 51.8. The molecule has 0 radical (unpaired) electrons. The third kappa shape index (κ3) is 4.76. The number of amides is 1. The highest BCUT2D eigenvalue weighted by Gasteiger charge is 2.33. The van der Waals surface area contributed by atoms with Crippen molar-refractivity contribution in [1.82, 2.24) is 0 Å². The van der Waals surface area contributed by atoms with E-state index in [0.717, 1.165) is 31.2 Å². The highest BCUT2D eigenvalue weighted by Crippen LogP contribution is 2.34. The minimum absolute atomic E-state index is 0.344. The largest absolute Gasteiger partial charge is 0.418 e. The molecule has 0 aromatic heterocycles. The van der Waals surface area contributed by atoms with E-state index in [1.807, 2.05) is 0 Å². The molecule has 2 aromatic carbocycles. The quantitative estimate of drug-likeness (QED) is 0.383. The summed E-state index contributed by atoms with van der Waals surface area (Å²) in [6.07, 6.45) is -3.46. The molecule has 0 saturated heterocycles. The third-order valence-electron chi connectivity index (χ3n) is 3.29. The summed E-state index contributed by atoms with van der Waals surface area (Å²) in [4.78, 5) is 24.0. The Morgan fingerprint density at radius 2 is 1.60 bits per heavy atom. The van der Waals surface area contributed by atoms with Gasteiger partial charge in [0.1, 0.15) is 5.82 Å². The van der Waals surface area contributed by atoms with Crippen molar-refractivity contribution < 1.29 is 27.2 Å². The van der Waals surface area contributed by atoms with E-state index in [-0.39, 0.29) is 5.57 Å². The summed E-state index contributed by atoms with van der Waals surface area (Å²) in [5.74, 6) is -2.11. The van der Waals surface area contributed by atoms with Gasteiger partial charge in [0.2, 0.25) is 0 Å². The van der Waals surface area contributed by atoms with Gasteiger partial charge in [0.25, 0.3) is 5.91 Å². The molecule has 0 aliphatic heterocycles. The molecule has 0 atom stereocenters. The van der Waals surface area contributed by atoms with Crippen LogP contribution < -0.4 is 5.32 Å². The maximum atomic E-state index is 13.0. The van der Waals surface area contributed by atoms with Crippen molar-refractivity contribution in [2.75, 3.05) is 5.32 Å². The lowest BCUT2D eigenvalue weighted by Gasteiger charge is -2.14. The van der Waals surface area contributed by atoms with Crippen molar-refractivity contribution in [2.45, 2.75) is 13.1 Å². The van der Waals surface area contributed by atoms with E-state index in [9.17, 15) is 27.2 Å². The number of alkyl halides is 3. The van der Waals surface area contributed by atoms with Crippen molar-refractivity contribution in [1.29, 1.82) is 0 Å². The average molecular weight is 351 g/mol. The molecule has 0 aliphatic carbocycles. The van der Waals surface area contributed by atoms with Crippen LogP contribution in [0.2, 0.25) is 0 Å². The summed E-state index contributed by atoms with van der Waals surface area (Å²) >= 11 is 0. The van der Waals surface area contributed by atoms with Crippen LogP contribution in [0.3, 0.4) is 0 Å². The van der Waals surface area contributed by atoms with E-state index in [2.05, 4.69) is 5.32 Å². The van der Waals surface area contributed by atoms with E-state index < -0.39 is 34.9 Å². The number of rotatable bonds is 4. The standard InChI is InChI=1S/C18H13F4NO2/c1-11(24)14(10-12-6-8-13(19)9-7-12)17(25)23-16-5-3-2-4-15(16)18(20,21)22/h2-10H,1H3,(H,23,25)/b14-10+. The Bertz CT molecular complexity index is 824. The number of hydrogen-bond acceptors (Lipinski definition) is 2. The number of anilines is 1. The number of carbonyl (C=O) groups excluding carboxylic acids is 2. The van der Waals surface area contributed by atoms with E-state index in [1.165, 1.54) is 30.3 Å². The average Bonchev–Trinajstić information content (AvgIpc) is 2.53. The SMILES string of the molecule is CC(=O)/C(=C\c1ccc(F)cc1)C(=O)Nc1ccccc1C(F)(F)F. The van der Waals surface area contributed by atoms with Gasteiger partial charge in [0.05, 0.1) is 16.8 Å². The van der Waals surface area contributed by atoms with Crippen LogP contribution in [0.5, 0.6) is 0 Å². The number of halogens is 4. The Labute approximate surface area is 141 Å². The van der Waals surface area contributed by atoms with Crippen LogP contribution in [0.15, 0.2) is 54.1 Å². The first-order valence-corrected chi connectivity index (χ1v) is 7.14. The number of nitrogens with one attached hydrogen (secondary N) is 1. The maximum Gasteiger partial charge on any atom is 0.418 e. The molecule has 0 saturated carbocycles. The van der Waals surface area contributed by atoms with Crippen LogP contribution in [0, 0.1) is 5.82 Å². The lowest BCUT2D eigenvalue weighted by molar-refractivity contribution is -0.137. The van der Waals surface area contributed by atoms with Gasteiger partial charge in [0, 0.05) is 0 Å². The molecule has 0 fully saturated rings. The number of ketones is 1. The first kappa shape index (κ1) is 18.4. The molecule has 3 nitrogen and oxygen atoms in total. The predicted octanol–water partition coefficient (Wildman–Crippen LogP) is 4.46. The molecule has 1 amide bonds. The van der Waals surface area contributed by atoms with Crippen LogP contribution in [-0.2, 0) is 15.8 Å². The van der Waals surface area contributed by atoms with Crippen LogP contribution >= 0.6 is 0 Å². The van der Waals surface area contributed by atoms with Gasteiger partial charge >= 0.3 is 6.18 Å². The predicted molar refractivity (Wildman–Crippen MR) is 85.1 cm³/mol. The molecule has 25 heavy (non-hydrogen) atoms. The Morgan fingerprint density at radius 1 is 1.00 bits per heavy atom. The molecule has 0 aliphatic rings. The molecule has 7 heteroatoms. The van der Waals surface area contributed by atoms with Gasteiger partial charge in [-0.15, -0.1) is 0 Å². The molecule has 0 spiro atoms. The minimum Gasteiger partial charge on any atom is -0.321 e. The molecular weight excluding hydrogens is 338 g/mol. The van der Waals surface area contributed by atoms with Crippen molar-refractivity contribution in [2.24, 2.45) is 0 Å². The molecule has 2 aromatic rings. The van der Waals surface area contributed by atoms with E-state index in [0.29, 0.717) is 5.56 Å². The summed E-state index contributed by atoms with van der Waals surface area (Å²) in [5.41, 5.74) is -1.45. The van der Waals surface area contributed by atoms with Gasteiger partial charge in [0.15, 0.2) is 5.78 Å². The lowest BCUT2D eigenvalue weighted by Crippen LogP contribution is -2.21. The van der Waals surface area contributed by atoms with Crippen LogP contribution in [-0.4, -0.2) is 11.7 Å². The van der Waals surface area contributed by atoms with Crippen LogP contribution in [0.1, 0.15) is 18.1 Å². The summed E-state index contributed by atoms with van der Waals surface area (Å²) in [6.45, 7) is 1.12. The number of hydrogen-bond donors (Lipinski definition) is 1. The van der Waals surface area contributed by atoms with Crippen molar-refractivity contribution in [3.8, 4) is 0 Å². The van der Waals surface area contributed by atoms with E-state index >= 15 is 0 Å². The highest BCUT2D eigenvalue weighted by atomic mass is 19.4. The molecule has 0 heterocycles. The van der Waals surface area contributed by atoms with Crippen LogP contribution in [0.4, 0.5) is 23.2 Å². The van der Waals surface area contributed by atoms with Gasteiger partial charge in [-0.05, 0) is 42.8 Å². The Morgan fingerprint density at radius 3 is 2.16 bits per heavy atom. The topological polar surface area (TPSA) is 46.2 Å². The van der Waals surface area contributed by atoms with Crippen molar-refractivity contribution in [3.05, 3.63) is 71.0 Å². The Balaban J connectivity index is 2.34. The van der Waals surface area contributed by atoms with Crippen molar-refractivity contribution >= 4 is 23.5 Å². The molecule has 0 unspecified atom stereocenters. The van der Waals surface area contributed by atoms with Crippen LogP contribution in [0.25, 0.3) is 6.08 Å². The molecule has 2 rings (SSSR count). The molecule has 130 valence electrons. The smallest absolute Gasteiger partial charge is 0.321 e. The second-order valence-electron chi connectivity index (χ2n) is 5.16. The van der Waals surface area contributed by atoms with Gasteiger partial charge < -0.3 is 5.32 Å². The Kier molecular flexibility index (Phi) is 5.36. The number of para-hydroxylation sites is 1. The highest BCUT2D eigenvalue weighted by molar-refractivity contribution is 6.25. The second kappa shape index (κ2) is 7.29. The number of Topliss-reactive ketones (excluding diaryl/α,β-unsaturated/α-hetero) is 1. The maximum absolute atomic E-state index is 13.0. The fourth-order valence-corrected chi connectivity index (χ4v) is 2.08. The first-order valence-electron chi connectivity index (χ1n) is 7.14. The van der Waals surface area contributed by atoms with E-state index in [1.54, 1.807) is 0 Å². The zero-order valence-corrected chi connectivity index (χ0v) is 13.0. The molecular formula is C18H13F4NO2. The summed E-state index contributed by atoms with van der Waals surface area (Å²) in [6, 6.07) is 9.41. The monoisotopic (exact) mass is 351 g/mol. The molecule has 1 N–H and O–H groups in total. The minimum atomic E-state index is -4.65. The zero-order valence-electron chi connectivity index (χ0n) is 13.0. The van der Waals surface area contributed by atoms with Crippen molar-refractivity contribution in [3.63, 3.8) is 0 Å². The number of benzene rings is 2. The normalized spacial score (nSPS) is 12.0. The molecule has 0 bridgehead atoms. The lowest BCUT2D eigenvalue weighted by atomic mass is 10.1. The van der Waals surface area contributed by atoms with Gasteiger partial charge in [-0.25, -0.2) is 4.39 Å². The van der Waals surface area contributed by atoms with Gasteiger partial charge in [-0.1, -0.05) is 24.3 Å². The first-order chi connectivity index (χ1) is 11.7. The van der Waals surface area contributed by atoms with Gasteiger partial charge in [-0.3, -0.25) is 9.59 Å². The fraction of sp³-hybridized carbons (Fsp3) is 0.111. The second-order valence-corrected chi connectivity index (χ2v) is 5.16. The fourth-order valence-electron chi connectivity index (χ4n) is 2.08. The third-order valence-corrected chi connectivity index (χ3v) is 3.29. The van der Waals surface area contributed by atoms with E-state index in [4.69, 9.17) is 0 Å².